The van der Waals surface area contributed by atoms with E-state index in [0.29, 0.717) is 22.7 Å². The smallest absolute Gasteiger partial charge is 0.350 e. The Hall–Kier alpha value is -3.61. The molecular formula is C22H20N2O5. The van der Waals surface area contributed by atoms with Crippen molar-refractivity contribution in [1.82, 2.24) is 4.98 Å². The summed E-state index contributed by atoms with van der Waals surface area (Å²) in [6, 6.07) is 11.5. The fraction of sp³-hybridized carbons (Fsp3) is 0.227. The van der Waals surface area contributed by atoms with Crippen molar-refractivity contribution in [2.45, 2.75) is 33.5 Å². The van der Waals surface area contributed by atoms with Gasteiger partial charge in [0, 0.05) is 31.3 Å². The molecule has 1 aliphatic heterocycles. The van der Waals surface area contributed by atoms with E-state index in [9.17, 15) is 9.59 Å². The van der Waals surface area contributed by atoms with Gasteiger partial charge in [0.15, 0.2) is 11.2 Å². The Morgan fingerprint density at radius 3 is 2.31 bits per heavy atom. The van der Waals surface area contributed by atoms with E-state index in [1.165, 1.54) is 20.0 Å². The molecule has 7 heteroatoms. The van der Waals surface area contributed by atoms with Crippen molar-refractivity contribution in [2.24, 2.45) is 0 Å². The molecule has 0 amide bonds. The van der Waals surface area contributed by atoms with Crippen LogP contribution in [0, 0.1) is 13.8 Å². The molecule has 1 fully saturated rings. The number of benzene rings is 2. The first-order valence-electron chi connectivity index (χ1n) is 9.13. The SMILES string of the molecule is Cc1ccc(-c2nc3cc(NC=C4C(=O)OC(C)(C)OC4=O)cc(C)c3o2)cc1. The molecule has 2 aromatic carbocycles. The molecule has 148 valence electrons. The molecule has 29 heavy (non-hydrogen) atoms. The number of oxazole rings is 1. The summed E-state index contributed by atoms with van der Waals surface area (Å²) >= 11 is 0. The van der Waals surface area contributed by atoms with E-state index >= 15 is 0 Å². The molecule has 1 saturated heterocycles. The molecule has 7 nitrogen and oxygen atoms in total. The van der Waals surface area contributed by atoms with Gasteiger partial charge < -0.3 is 19.2 Å². The summed E-state index contributed by atoms with van der Waals surface area (Å²) in [4.78, 5) is 28.7. The highest BCUT2D eigenvalue weighted by Crippen LogP contribution is 2.29. The number of hydrogen-bond acceptors (Lipinski definition) is 7. The minimum Gasteiger partial charge on any atom is -0.436 e. The van der Waals surface area contributed by atoms with Crippen molar-refractivity contribution in [3.63, 3.8) is 0 Å². The molecule has 0 saturated carbocycles. The largest absolute Gasteiger partial charge is 0.436 e. The van der Waals surface area contributed by atoms with Crippen molar-refractivity contribution >= 4 is 28.7 Å². The first kappa shape index (κ1) is 18.7. The maximum atomic E-state index is 12.0. The van der Waals surface area contributed by atoms with Crippen LogP contribution in [0.15, 0.2) is 52.6 Å². The van der Waals surface area contributed by atoms with Crippen LogP contribution < -0.4 is 5.32 Å². The summed E-state index contributed by atoms with van der Waals surface area (Å²) < 4.78 is 16.1. The monoisotopic (exact) mass is 392 g/mol. The molecule has 1 aliphatic rings. The van der Waals surface area contributed by atoms with E-state index in [1.54, 1.807) is 6.07 Å². The van der Waals surface area contributed by atoms with Gasteiger partial charge in [-0.25, -0.2) is 14.6 Å². The molecule has 1 aromatic heterocycles. The van der Waals surface area contributed by atoms with Crippen molar-refractivity contribution < 1.29 is 23.5 Å². The minimum absolute atomic E-state index is 0.206. The number of aryl methyl sites for hydroxylation is 2. The lowest BCUT2D eigenvalue weighted by atomic mass is 10.1. The summed E-state index contributed by atoms with van der Waals surface area (Å²) in [5.74, 6) is -2.21. The van der Waals surface area contributed by atoms with Crippen LogP contribution in [0.2, 0.25) is 0 Å². The highest BCUT2D eigenvalue weighted by molar-refractivity contribution is 6.15. The average Bonchev–Trinajstić information content (AvgIpc) is 3.05. The second-order valence-corrected chi connectivity index (χ2v) is 7.41. The molecule has 1 N–H and O–H groups in total. The highest BCUT2D eigenvalue weighted by Gasteiger charge is 2.38. The number of carbonyl (C=O) groups excluding carboxylic acids is 2. The van der Waals surface area contributed by atoms with Crippen LogP contribution in [-0.2, 0) is 19.1 Å². The van der Waals surface area contributed by atoms with Gasteiger partial charge in [0.05, 0.1) is 0 Å². The number of cyclic esters (lactones) is 2. The zero-order valence-electron chi connectivity index (χ0n) is 16.5. The van der Waals surface area contributed by atoms with Crippen LogP contribution in [0.4, 0.5) is 5.69 Å². The molecule has 0 aliphatic carbocycles. The third-order valence-corrected chi connectivity index (χ3v) is 4.47. The van der Waals surface area contributed by atoms with Crippen LogP contribution in [0.5, 0.6) is 0 Å². The van der Waals surface area contributed by atoms with E-state index in [0.717, 1.165) is 16.7 Å². The van der Waals surface area contributed by atoms with E-state index in [1.807, 2.05) is 44.2 Å². The van der Waals surface area contributed by atoms with E-state index in [-0.39, 0.29) is 5.57 Å². The maximum absolute atomic E-state index is 12.0. The summed E-state index contributed by atoms with van der Waals surface area (Å²) in [6.07, 6.45) is 1.28. The summed E-state index contributed by atoms with van der Waals surface area (Å²) in [5, 5.41) is 2.95. The van der Waals surface area contributed by atoms with Gasteiger partial charge in [-0.3, -0.25) is 0 Å². The van der Waals surface area contributed by atoms with E-state index in [4.69, 9.17) is 13.9 Å². The van der Waals surface area contributed by atoms with E-state index < -0.39 is 17.7 Å². The number of nitrogens with one attached hydrogen (secondary N) is 1. The number of nitrogens with zero attached hydrogens (tertiary/aromatic N) is 1. The van der Waals surface area contributed by atoms with Crippen LogP contribution in [0.3, 0.4) is 0 Å². The van der Waals surface area contributed by atoms with Gasteiger partial charge in [-0.05, 0) is 43.7 Å². The lowest BCUT2D eigenvalue weighted by molar-refractivity contribution is -0.222. The standard InChI is InChI=1S/C22H20N2O5/c1-12-5-7-14(8-6-12)19-24-17-10-15(9-13(2)18(17)27-19)23-11-16-20(25)28-22(3,4)29-21(16)26/h5-11,23H,1-4H3. The summed E-state index contributed by atoms with van der Waals surface area (Å²) in [5.41, 5.74) is 4.69. The first-order valence-corrected chi connectivity index (χ1v) is 9.13. The fourth-order valence-electron chi connectivity index (χ4n) is 3.04. The van der Waals surface area contributed by atoms with Crippen LogP contribution in [-0.4, -0.2) is 22.7 Å². The lowest BCUT2D eigenvalue weighted by Gasteiger charge is -2.29. The predicted octanol–water partition coefficient (Wildman–Crippen LogP) is 4.24. The Labute approximate surface area is 167 Å². The molecule has 4 rings (SSSR count). The van der Waals surface area contributed by atoms with Gasteiger partial charge in [0.1, 0.15) is 5.52 Å². The minimum atomic E-state index is -1.27. The molecule has 0 bridgehead atoms. The number of esters is 2. The number of carbonyl (C=O) groups is 2. The second-order valence-electron chi connectivity index (χ2n) is 7.41. The number of ether oxygens (including phenoxy) is 2. The second kappa shape index (κ2) is 6.77. The first-order chi connectivity index (χ1) is 13.7. The third-order valence-electron chi connectivity index (χ3n) is 4.47. The normalized spacial score (nSPS) is 15.8. The van der Waals surface area contributed by atoms with Gasteiger partial charge in [-0.2, -0.15) is 0 Å². The predicted molar refractivity (Wildman–Crippen MR) is 107 cm³/mol. The van der Waals surface area contributed by atoms with Gasteiger partial charge in [-0.15, -0.1) is 0 Å². The van der Waals surface area contributed by atoms with Crippen molar-refractivity contribution in [3.8, 4) is 11.5 Å². The number of rotatable bonds is 3. The van der Waals surface area contributed by atoms with Gasteiger partial charge in [0.25, 0.3) is 5.79 Å². The topological polar surface area (TPSA) is 90.7 Å². The molecular weight excluding hydrogens is 372 g/mol. The van der Waals surface area contributed by atoms with Crippen molar-refractivity contribution in [1.29, 1.82) is 0 Å². The molecule has 2 heterocycles. The van der Waals surface area contributed by atoms with Crippen LogP contribution in [0.1, 0.15) is 25.0 Å². The van der Waals surface area contributed by atoms with Crippen LogP contribution in [0.25, 0.3) is 22.6 Å². The molecule has 0 unspecified atom stereocenters. The van der Waals surface area contributed by atoms with Gasteiger partial charge in [-0.1, -0.05) is 17.7 Å². The number of aromatic nitrogens is 1. The Morgan fingerprint density at radius 1 is 1.00 bits per heavy atom. The van der Waals surface area contributed by atoms with Crippen molar-refractivity contribution in [3.05, 3.63) is 59.3 Å². The number of fused-ring (bicyclic) bond motifs is 1. The lowest BCUT2D eigenvalue weighted by Crippen LogP contribution is -2.42. The molecule has 3 aromatic rings. The van der Waals surface area contributed by atoms with Crippen LogP contribution >= 0.6 is 0 Å². The number of anilines is 1. The maximum Gasteiger partial charge on any atom is 0.350 e. The molecule has 0 atom stereocenters. The quantitative estimate of drug-likeness (QED) is 0.405. The molecule has 0 spiro atoms. The summed E-state index contributed by atoms with van der Waals surface area (Å²) in [6.45, 7) is 6.92. The fourth-order valence-corrected chi connectivity index (χ4v) is 3.04. The summed E-state index contributed by atoms with van der Waals surface area (Å²) in [7, 11) is 0. The Balaban J connectivity index is 1.63. The van der Waals surface area contributed by atoms with Gasteiger partial charge in [0.2, 0.25) is 5.89 Å². The third kappa shape index (κ3) is 3.71. The Kier molecular flexibility index (Phi) is 4.38. The highest BCUT2D eigenvalue weighted by atomic mass is 16.7. The zero-order valence-corrected chi connectivity index (χ0v) is 16.5. The Morgan fingerprint density at radius 2 is 1.66 bits per heavy atom. The van der Waals surface area contributed by atoms with E-state index in [2.05, 4.69) is 10.3 Å². The number of hydrogen-bond donors (Lipinski definition) is 1. The Bertz CT molecular complexity index is 1130. The average molecular weight is 392 g/mol. The van der Waals surface area contributed by atoms with Crippen molar-refractivity contribution in [2.75, 3.05) is 5.32 Å². The zero-order chi connectivity index (χ0) is 20.8. The van der Waals surface area contributed by atoms with Gasteiger partial charge >= 0.3 is 11.9 Å². The molecule has 0 radical (unpaired) electrons.